The molecule has 0 radical (unpaired) electrons. The highest BCUT2D eigenvalue weighted by Gasteiger charge is 2.28. The quantitative estimate of drug-likeness (QED) is 0.845. The first-order chi connectivity index (χ1) is 8.26. The van der Waals surface area contributed by atoms with Crippen LogP contribution < -0.4 is 10.2 Å². The molecule has 1 aromatic rings. The van der Waals surface area contributed by atoms with Gasteiger partial charge in [0.25, 0.3) is 0 Å². The van der Waals surface area contributed by atoms with Crippen molar-refractivity contribution in [1.82, 2.24) is 9.97 Å². The van der Waals surface area contributed by atoms with Gasteiger partial charge in [-0.2, -0.15) is 0 Å². The van der Waals surface area contributed by atoms with Crippen molar-refractivity contribution in [3.8, 4) is 0 Å². The molecule has 17 heavy (non-hydrogen) atoms. The van der Waals surface area contributed by atoms with Crippen LogP contribution in [-0.4, -0.2) is 30.6 Å². The Morgan fingerprint density at radius 2 is 2.06 bits per heavy atom. The van der Waals surface area contributed by atoms with E-state index in [-0.39, 0.29) is 0 Å². The fraction of sp³-hybridized carbons (Fsp3) is 0.692. The monoisotopic (exact) mass is 232 g/mol. The Morgan fingerprint density at radius 1 is 1.29 bits per heavy atom. The van der Waals surface area contributed by atoms with Crippen molar-refractivity contribution in [3.05, 3.63) is 11.9 Å². The van der Waals surface area contributed by atoms with Crippen molar-refractivity contribution >= 4 is 11.6 Å². The summed E-state index contributed by atoms with van der Waals surface area (Å²) in [7, 11) is 4.06. The van der Waals surface area contributed by atoms with Gasteiger partial charge >= 0.3 is 0 Å². The standard InChI is InChI=1S/C13H20N4/c1-14-11-7-12(17(2)8-9-3-4-9)16-13(15-11)10-5-6-10/h7,9-10H,3-6,8H2,1-2H3,(H,14,15,16). The molecule has 4 heteroatoms. The lowest BCUT2D eigenvalue weighted by Crippen LogP contribution is -2.22. The van der Waals surface area contributed by atoms with Crippen molar-refractivity contribution in [2.45, 2.75) is 31.6 Å². The second kappa shape index (κ2) is 4.17. The Morgan fingerprint density at radius 3 is 2.65 bits per heavy atom. The molecule has 2 aliphatic rings. The highest BCUT2D eigenvalue weighted by Crippen LogP contribution is 2.39. The van der Waals surface area contributed by atoms with Crippen LogP contribution in [0.15, 0.2) is 6.07 Å². The van der Waals surface area contributed by atoms with Gasteiger partial charge in [0, 0.05) is 32.6 Å². The van der Waals surface area contributed by atoms with E-state index in [2.05, 4.69) is 22.2 Å². The van der Waals surface area contributed by atoms with Crippen LogP contribution in [0.2, 0.25) is 0 Å². The van der Waals surface area contributed by atoms with Crippen molar-refractivity contribution in [2.75, 3.05) is 30.9 Å². The summed E-state index contributed by atoms with van der Waals surface area (Å²) in [4.78, 5) is 11.5. The zero-order valence-electron chi connectivity index (χ0n) is 10.6. The van der Waals surface area contributed by atoms with Crippen LogP contribution in [0, 0.1) is 5.92 Å². The highest BCUT2D eigenvalue weighted by molar-refractivity contribution is 5.49. The topological polar surface area (TPSA) is 41.0 Å². The van der Waals surface area contributed by atoms with Crippen LogP contribution >= 0.6 is 0 Å². The summed E-state index contributed by atoms with van der Waals surface area (Å²) in [6.45, 7) is 1.13. The molecule has 0 saturated heterocycles. The first-order valence-corrected chi connectivity index (χ1v) is 6.54. The van der Waals surface area contributed by atoms with E-state index in [1.807, 2.05) is 13.1 Å². The zero-order chi connectivity index (χ0) is 11.8. The van der Waals surface area contributed by atoms with Crippen molar-refractivity contribution in [3.63, 3.8) is 0 Å². The van der Waals surface area contributed by atoms with Gasteiger partial charge in [0.1, 0.15) is 17.5 Å². The van der Waals surface area contributed by atoms with Gasteiger partial charge in [-0.25, -0.2) is 9.97 Å². The van der Waals surface area contributed by atoms with Gasteiger partial charge in [-0.1, -0.05) is 0 Å². The molecule has 0 aliphatic heterocycles. The van der Waals surface area contributed by atoms with Gasteiger partial charge in [-0.15, -0.1) is 0 Å². The maximum Gasteiger partial charge on any atom is 0.136 e. The van der Waals surface area contributed by atoms with E-state index in [1.54, 1.807) is 0 Å². The van der Waals surface area contributed by atoms with Crippen LogP contribution in [0.3, 0.4) is 0 Å². The SMILES string of the molecule is CNc1cc(N(C)CC2CC2)nc(C2CC2)n1. The van der Waals surface area contributed by atoms with E-state index in [1.165, 1.54) is 25.7 Å². The third-order valence-corrected chi connectivity index (χ3v) is 3.55. The van der Waals surface area contributed by atoms with E-state index in [0.29, 0.717) is 5.92 Å². The number of anilines is 2. The molecule has 2 saturated carbocycles. The molecule has 0 atom stereocenters. The number of nitrogens with one attached hydrogen (secondary N) is 1. The molecular weight excluding hydrogens is 212 g/mol. The fourth-order valence-corrected chi connectivity index (χ4v) is 2.08. The van der Waals surface area contributed by atoms with Crippen molar-refractivity contribution in [1.29, 1.82) is 0 Å². The number of hydrogen-bond donors (Lipinski definition) is 1. The normalized spacial score (nSPS) is 19.2. The van der Waals surface area contributed by atoms with E-state index in [4.69, 9.17) is 4.98 Å². The van der Waals surface area contributed by atoms with Crippen molar-refractivity contribution in [2.24, 2.45) is 5.92 Å². The average Bonchev–Trinajstić information content (AvgIpc) is 3.20. The molecule has 0 amide bonds. The molecule has 4 nitrogen and oxygen atoms in total. The van der Waals surface area contributed by atoms with Crippen LogP contribution in [0.25, 0.3) is 0 Å². The molecule has 0 spiro atoms. The van der Waals surface area contributed by atoms with Crippen LogP contribution in [0.1, 0.15) is 37.4 Å². The molecule has 92 valence electrons. The predicted octanol–water partition coefficient (Wildman–Crippen LogP) is 2.24. The molecular formula is C13H20N4. The molecule has 1 N–H and O–H groups in total. The van der Waals surface area contributed by atoms with Crippen LogP contribution in [0.5, 0.6) is 0 Å². The largest absolute Gasteiger partial charge is 0.373 e. The minimum atomic E-state index is 0.608. The Labute approximate surface area is 102 Å². The maximum atomic E-state index is 4.70. The van der Waals surface area contributed by atoms with E-state index >= 15 is 0 Å². The van der Waals surface area contributed by atoms with E-state index in [0.717, 1.165) is 29.9 Å². The summed E-state index contributed by atoms with van der Waals surface area (Å²) in [5.74, 6) is 4.53. The summed E-state index contributed by atoms with van der Waals surface area (Å²) in [6, 6.07) is 2.05. The lowest BCUT2D eigenvalue weighted by molar-refractivity contribution is 0.768. The Bertz CT molecular complexity index is 410. The number of aromatic nitrogens is 2. The molecule has 1 heterocycles. The molecule has 2 aliphatic carbocycles. The minimum absolute atomic E-state index is 0.608. The second-order valence-electron chi connectivity index (χ2n) is 5.32. The summed E-state index contributed by atoms with van der Waals surface area (Å²) in [5, 5.41) is 3.14. The Kier molecular flexibility index (Phi) is 2.65. The van der Waals surface area contributed by atoms with Gasteiger partial charge in [0.2, 0.25) is 0 Å². The third-order valence-electron chi connectivity index (χ3n) is 3.55. The maximum absolute atomic E-state index is 4.70. The highest BCUT2D eigenvalue weighted by atomic mass is 15.2. The van der Waals surface area contributed by atoms with Gasteiger partial charge in [0.05, 0.1) is 0 Å². The van der Waals surface area contributed by atoms with Crippen LogP contribution in [0.4, 0.5) is 11.6 Å². The summed E-state index contributed by atoms with van der Waals surface area (Å²) in [6.07, 6.45) is 5.26. The smallest absolute Gasteiger partial charge is 0.136 e. The first-order valence-electron chi connectivity index (χ1n) is 6.54. The van der Waals surface area contributed by atoms with Gasteiger partial charge < -0.3 is 10.2 Å². The number of nitrogens with zero attached hydrogens (tertiary/aromatic N) is 3. The molecule has 0 unspecified atom stereocenters. The molecule has 2 fully saturated rings. The predicted molar refractivity (Wildman–Crippen MR) is 69.5 cm³/mol. The minimum Gasteiger partial charge on any atom is -0.373 e. The summed E-state index contributed by atoms with van der Waals surface area (Å²) >= 11 is 0. The Hall–Kier alpha value is -1.32. The lowest BCUT2D eigenvalue weighted by Gasteiger charge is -2.19. The Balaban J connectivity index is 1.82. The van der Waals surface area contributed by atoms with Crippen LogP contribution in [-0.2, 0) is 0 Å². The zero-order valence-corrected chi connectivity index (χ0v) is 10.6. The third kappa shape index (κ3) is 2.51. The van der Waals surface area contributed by atoms with E-state index in [9.17, 15) is 0 Å². The van der Waals surface area contributed by atoms with Gasteiger partial charge in [-0.3, -0.25) is 0 Å². The lowest BCUT2D eigenvalue weighted by atomic mass is 10.3. The summed E-state index contributed by atoms with van der Waals surface area (Å²) in [5.41, 5.74) is 0. The number of hydrogen-bond acceptors (Lipinski definition) is 4. The van der Waals surface area contributed by atoms with Gasteiger partial charge in [-0.05, 0) is 31.6 Å². The van der Waals surface area contributed by atoms with E-state index < -0.39 is 0 Å². The molecule has 0 aromatic carbocycles. The van der Waals surface area contributed by atoms with Crippen molar-refractivity contribution < 1.29 is 0 Å². The first kappa shape index (κ1) is 10.8. The molecule has 3 rings (SSSR count). The molecule has 0 bridgehead atoms. The second-order valence-corrected chi connectivity index (χ2v) is 5.32. The number of rotatable bonds is 5. The average molecular weight is 232 g/mol. The fourth-order valence-electron chi connectivity index (χ4n) is 2.08. The molecule has 1 aromatic heterocycles. The van der Waals surface area contributed by atoms with Gasteiger partial charge in [0.15, 0.2) is 0 Å². The summed E-state index contributed by atoms with van der Waals surface area (Å²) < 4.78 is 0.